The summed E-state index contributed by atoms with van der Waals surface area (Å²) >= 11 is 0. The second-order valence-corrected chi connectivity index (χ2v) is 3.13. The molecule has 1 aromatic rings. The molecule has 0 unspecified atom stereocenters. The molecule has 1 rings (SSSR count). The lowest BCUT2D eigenvalue weighted by molar-refractivity contribution is 0.0697. The molecule has 0 saturated heterocycles. The van der Waals surface area contributed by atoms with Gasteiger partial charge in [-0.1, -0.05) is 31.5 Å². The summed E-state index contributed by atoms with van der Waals surface area (Å²) in [4.78, 5) is 10.3. The molecule has 16 heavy (non-hydrogen) atoms. The summed E-state index contributed by atoms with van der Waals surface area (Å²) in [6.45, 7) is 8.31. The number of carboxylic acid groups (broad SMARTS) is 1. The van der Waals surface area contributed by atoms with Gasteiger partial charge in [0.1, 0.15) is 0 Å². The van der Waals surface area contributed by atoms with Crippen molar-refractivity contribution in [2.45, 2.75) is 20.8 Å². The molecule has 2 N–H and O–H groups in total. The standard InChI is InChI=1S/C8H8O2.C4H11N.ClH/c1-6-2-4-7(5-3-6)8(9)10;1-3-5-4-2;/h2-5H,1H3,(H,9,10);5H,3-4H2,1-2H3;1H. The normalized spacial score (nSPS) is 8.44. The number of carboxylic acids is 1. The third-order valence-electron chi connectivity index (χ3n) is 1.80. The molecule has 0 heterocycles. The number of hydrogen-bond donors (Lipinski definition) is 2. The molecule has 0 aliphatic carbocycles. The second kappa shape index (κ2) is 10.5. The first kappa shape index (κ1) is 17.3. The summed E-state index contributed by atoms with van der Waals surface area (Å²) in [5, 5.41) is 11.6. The molecule has 0 amide bonds. The summed E-state index contributed by atoms with van der Waals surface area (Å²) in [5.74, 6) is -0.875. The minimum atomic E-state index is -0.875. The van der Waals surface area contributed by atoms with Crippen molar-refractivity contribution >= 4 is 18.4 Å². The molecule has 0 spiro atoms. The molecule has 92 valence electrons. The van der Waals surface area contributed by atoms with E-state index in [0.29, 0.717) is 5.56 Å². The van der Waals surface area contributed by atoms with Crippen molar-refractivity contribution in [1.82, 2.24) is 5.32 Å². The molecule has 0 bridgehead atoms. The Morgan fingerprint density at radius 1 is 1.19 bits per heavy atom. The number of halogens is 1. The Morgan fingerprint density at radius 2 is 1.62 bits per heavy atom. The number of aryl methyl sites for hydroxylation is 1. The number of benzene rings is 1. The van der Waals surface area contributed by atoms with Crippen LogP contribution in [0.3, 0.4) is 0 Å². The van der Waals surface area contributed by atoms with Crippen LogP contribution in [0.15, 0.2) is 24.3 Å². The van der Waals surface area contributed by atoms with E-state index in [9.17, 15) is 4.79 Å². The largest absolute Gasteiger partial charge is 0.478 e. The molecule has 0 fully saturated rings. The van der Waals surface area contributed by atoms with Gasteiger partial charge in [0.05, 0.1) is 5.56 Å². The van der Waals surface area contributed by atoms with Gasteiger partial charge in [-0.25, -0.2) is 4.79 Å². The van der Waals surface area contributed by atoms with Gasteiger partial charge in [0.15, 0.2) is 0 Å². The Balaban J connectivity index is 0. The van der Waals surface area contributed by atoms with E-state index < -0.39 is 5.97 Å². The number of rotatable bonds is 3. The monoisotopic (exact) mass is 245 g/mol. The fraction of sp³-hybridized carbons (Fsp3) is 0.417. The molecule has 0 radical (unpaired) electrons. The summed E-state index contributed by atoms with van der Waals surface area (Å²) < 4.78 is 0. The molecule has 4 heteroatoms. The maximum Gasteiger partial charge on any atom is 0.335 e. The van der Waals surface area contributed by atoms with Gasteiger partial charge in [-0.2, -0.15) is 0 Å². The van der Waals surface area contributed by atoms with Crippen LogP contribution in [-0.4, -0.2) is 24.2 Å². The maximum atomic E-state index is 10.3. The summed E-state index contributed by atoms with van der Waals surface area (Å²) in [6, 6.07) is 6.75. The summed E-state index contributed by atoms with van der Waals surface area (Å²) in [6.07, 6.45) is 0. The van der Waals surface area contributed by atoms with E-state index in [1.54, 1.807) is 24.3 Å². The third-order valence-corrected chi connectivity index (χ3v) is 1.80. The molecule has 3 nitrogen and oxygen atoms in total. The Kier molecular flexibility index (Phi) is 11.3. The topological polar surface area (TPSA) is 49.3 Å². The molecule has 1 aromatic carbocycles. The Morgan fingerprint density at radius 3 is 1.88 bits per heavy atom. The first-order chi connectivity index (χ1) is 7.11. The van der Waals surface area contributed by atoms with Crippen molar-refractivity contribution < 1.29 is 9.90 Å². The molecular weight excluding hydrogens is 226 g/mol. The number of hydrogen-bond acceptors (Lipinski definition) is 2. The first-order valence-corrected chi connectivity index (χ1v) is 5.12. The maximum absolute atomic E-state index is 10.3. The summed E-state index contributed by atoms with van der Waals surface area (Å²) in [7, 11) is 0. The van der Waals surface area contributed by atoms with Crippen LogP contribution >= 0.6 is 12.4 Å². The fourth-order valence-electron chi connectivity index (χ4n) is 0.946. The average molecular weight is 246 g/mol. The van der Waals surface area contributed by atoms with Crippen LogP contribution in [0.25, 0.3) is 0 Å². The second-order valence-electron chi connectivity index (χ2n) is 3.13. The molecular formula is C12H20ClNO2. The average Bonchev–Trinajstić information content (AvgIpc) is 2.20. The summed E-state index contributed by atoms with van der Waals surface area (Å²) in [5.41, 5.74) is 1.41. The van der Waals surface area contributed by atoms with Gasteiger partial charge in [-0.05, 0) is 32.1 Å². The van der Waals surface area contributed by atoms with Gasteiger partial charge < -0.3 is 10.4 Å². The number of carbonyl (C=O) groups is 1. The van der Waals surface area contributed by atoms with Gasteiger partial charge in [0.25, 0.3) is 0 Å². The van der Waals surface area contributed by atoms with E-state index >= 15 is 0 Å². The van der Waals surface area contributed by atoms with Crippen molar-refractivity contribution in [2.24, 2.45) is 0 Å². The van der Waals surface area contributed by atoms with Crippen molar-refractivity contribution in [2.75, 3.05) is 13.1 Å². The molecule has 0 saturated carbocycles. The highest BCUT2D eigenvalue weighted by molar-refractivity contribution is 5.87. The van der Waals surface area contributed by atoms with Crippen LogP contribution in [0.1, 0.15) is 29.8 Å². The van der Waals surface area contributed by atoms with Crippen LogP contribution in [0.4, 0.5) is 0 Å². The third kappa shape index (κ3) is 8.26. The zero-order valence-corrected chi connectivity index (χ0v) is 10.8. The smallest absolute Gasteiger partial charge is 0.335 e. The predicted octanol–water partition coefficient (Wildman–Crippen LogP) is 2.73. The molecule has 0 aromatic heterocycles. The molecule has 0 atom stereocenters. The highest BCUT2D eigenvalue weighted by Gasteiger charge is 1.98. The van der Waals surface area contributed by atoms with Crippen LogP contribution in [0, 0.1) is 6.92 Å². The van der Waals surface area contributed by atoms with Crippen LogP contribution in [-0.2, 0) is 0 Å². The highest BCUT2D eigenvalue weighted by Crippen LogP contribution is 2.01. The Hall–Kier alpha value is -1.06. The molecule has 0 aliphatic rings. The van der Waals surface area contributed by atoms with E-state index in [1.165, 1.54) is 0 Å². The van der Waals surface area contributed by atoms with Gasteiger partial charge in [0, 0.05) is 0 Å². The van der Waals surface area contributed by atoms with Crippen LogP contribution in [0.2, 0.25) is 0 Å². The van der Waals surface area contributed by atoms with Gasteiger partial charge >= 0.3 is 5.97 Å². The van der Waals surface area contributed by atoms with E-state index in [-0.39, 0.29) is 12.4 Å². The molecule has 0 aliphatic heterocycles. The minimum absolute atomic E-state index is 0. The van der Waals surface area contributed by atoms with E-state index in [1.807, 2.05) is 6.92 Å². The Labute approximate surface area is 103 Å². The highest BCUT2D eigenvalue weighted by atomic mass is 35.5. The van der Waals surface area contributed by atoms with E-state index in [4.69, 9.17) is 5.11 Å². The number of nitrogens with one attached hydrogen (secondary N) is 1. The lowest BCUT2D eigenvalue weighted by Gasteiger charge is -1.92. The van der Waals surface area contributed by atoms with Crippen LogP contribution in [0.5, 0.6) is 0 Å². The number of aromatic carboxylic acids is 1. The van der Waals surface area contributed by atoms with E-state index in [0.717, 1.165) is 18.7 Å². The lowest BCUT2D eigenvalue weighted by atomic mass is 10.2. The van der Waals surface area contributed by atoms with Crippen molar-refractivity contribution in [3.05, 3.63) is 35.4 Å². The minimum Gasteiger partial charge on any atom is -0.478 e. The van der Waals surface area contributed by atoms with Crippen molar-refractivity contribution in [3.63, 3.8) is 0 Å². The fourth-order valence-corrected chi connectivity index (χ4v) is 0.946. The quantitative estimate of drug-likeness (QED) is 0.861. The first-order valence-electron chi connectivity index (χ1n) is 5.12. The van der Waals surface area contributed by atoms with Crippen molar-refractivity contribution in [3.8, 4) is 0 Å². The Bertz CT molecular complexity index is 284. The van der Waals surface area contributed by atoms with E-state index in [2.05, 4.69) is 19.2 Å². The zero-order chi connectivity index (χ0) is 11.7. The van der Waals surface area contributed by atoms with Gasteiger partial charge in [-0.15, -0.1) is 12.4 Å². The van der Waals surface area contributed by atoms with Gasteiger partial charge in [-0.3, -0.25) is 0 Å². The predicted molar refractivity (Wildman–Crippen MR) is 69.6 cm³/mol. The lowest BCUT2D eigenvalue weighted by Crippen LogP contribution is -2.09. The van der Waals surface area contributed by atoms with Crippen molar-refractivity contribution in [1.29, 1.82) is 0 Å². The van der Waals surface area contributed by atoms with Crippen LogP contribution < -0.4 is 5.32 Å². The van der Waals surface area contributed by atoms with Gasteiger partial charge in [0.2, 0.25) is 0 Å². The zero-order valence-electron chi connectivity index (χ0n) is 9.99. The SMILES string of the molecule is CCNCC.Cc1ccc(C(=O)O)cc1.Cl.